The first-order chi connectivity index (χ1) is 11.5. The molecule has 1 aromatic carbocycles. The molecule has 1 aromatic rings. The van der Waals surface area contributed by atoms with Gasteiger partial charge in [0.2, 0.25) is 0 Å². The fourth-order valence-corrected chi connectivity index (χ4v) is 3.13. The first-order valence-electron chi connectivity index (χ1n) is 8.07. The van der Waals surface area contributed by atoms with Crippen molar-refractivity contribution in [2.24, 2.45) is 5.92 Å². The number of nitrogens with zero attached hydrogens (tertiary/aromatic N) is 2. The van der Waals surface area contributed by atoms with Gasteiger partial charge in [-0.25, -0.2) is 8.78 Å². The molecule has 0 amide bonds. The topological polar surface area (TPSA) is 76.4 Å². The number of hydrogen-bond acceptors (Lipinski definition) is 4. The Hall–Kier alpha value is -2.20. The zero-order chi connectivity index (χ0) is 17.3. The van der Waals surface area contributed by atoms with E-state index in [4.69, 9.17) is 10.4 Å². The predicted molar refractivity (Wildman–Crippen MR) is 83.4 cm³/mol. The minimum Gasteiger partial charge on any atom is -0.480 e. The molecule has 3 rings (SSSR count). The maximum absolute atomic E-state index is 13.9. The van der Waals surface area contributed by atoms with Gasteiger partial charge in [-0.05, 0) is 43.7 Å². The van der Waals surface area contributed by atoms with Gasteiger partial charge in [0.05, 0.1) is 18.2 Å². The van der Waals surface area contributed by atoms with Crippen LogP contribution in [0.2, 0.25) is 0 Å². The summed E-state index contributed by atoms with van der Waals surface area (Å²) in [7, 11) is 0. The molecular formula is C17H19F2N3O2. The molecule has 2 aliphatic rings. The zero-order valence-electron chi connectivity index (χ0n) is 13.1. The highest BCUT2D eigenvalue weighted by molar-refractivity contribution is 5.69. The lowest BCUT2D eigenvalue weighted by Gasteiger charge is -2.43. The van der Waals surface area contributed by atoms with Gasteiger partial charge in [0.15, 0.2) is 11.6 Å². The minimum absolute atomic E-state index is 0.00742. The molecule has 2 N–H and O–H groups in total. The summed E-state index contributed by atoms with van der Waals surface area (Å²) in [5.74, 6) is -1.83. The fourth-order valence-electron chi connectivity index (χ4n) is 3.13. The molecule has 128 valence electrons. The van der Waals surface area contributed by atoms with Gasteiger partial charge in [-0.1, -0.05) is 0 Å². The molecule has 0 heterocycles. The Morgan fingerprint density at radius 3 is 2.46 bits per heavy atom. The highest BCUT2D eigenvalue weighted by Crippen LogP contribution is 2.35. The zero-order valence-corrected chi connectivity index (χ0v) is 13.1. The smallest absolute Gasteiger partial charge is 0.317 e. The average Bonchev–Trinajstić information content (AvgIpc) is 3.27. The summed E-state index contributed by atoms with van der Waals surface area (Å²) in [6.45, 7) is 0.788. The quantitative estimate of drug-likeness (QED) is 0.801. The van der Waals surface area contributed by atoms with E-state index in [0.29, 0.717) is 18.8 Å². The second-order valence-electron chi connectivity index (χ2n) is 6.66. The van der Waals surface area contributed by atoms with Crippen LogP contribution in [0.3, 0.4) is 0 Å². The first kappa shape index (κ1) is 16.7. The van der Waals surface area contributed by atoms with Crippen molar-refractivity contribution in [2.75, 3.05) is 18.4 Å². The van der Waals surface area contributed by atoms with Crippen LogP contribution in [0, 0.1) is 28.9 Å². The number of anilines is 1. The molecule has 0 spiro atoms. The Kier molecular flexibility index (Phi) is 4.67. The van der Waals surface area contributed by atoms with Gasteiger partial charge < -0.3 is 10.4 Å². The molecular weight excluding hydrogens is 316 g/mol. The standard InChI is InChI=1S/C17H19F2N3O2/c18-14-3-11(7-20)4-15(19)17(14)21-12-5-13(6-12)22(9-16(23)24)8-10-1-2-10/h3-4,10,12-13,21H,1-2,5-6,8-9H2,(H,23,24). The van der Waals surface area contributed by atoms with Crippen LogP contribution >= 0.6 is 0 Å². The van der Waals surface area contributed by atoms with Crippen LogP contribution in [0.5, 0.6) is 0 Å². The molecule has 0 saturated heterocycles. The molecule has 7 heteroatoms. The summed E-state index contributed by atoms with van der Waals surface area (Å²) < 4.78 is 27.8. The number of carbonyl (C=O) groups is 1. The largest absolute Gasteiger partial charge is 0.480 e. The summed E-state index contributed by atoms with van der Waals surface area (Å²) >= 11 is 0. The van der Waals surface area contributed by atoms with E-state index in [1.165, 1.54) is 0 Å². The third-order valence-corrected chi connectivity index (χ3v) is 4.68. The number of carboxylic acids is 1. The van der Waals surface area contributed by atoms with Crippen LogP contribution in [0.4, 0.5) is 14.5 Å². The number of benzene rings is 1. The van der Waals surface area contributed by atoms with E-state index in [1.807, 2.05) is 4.90 Å². The lowest BCUT2D eigenvalue weighted by atomic mass is 9.85. The van der Waals surface area contributed by atoms with Crippen LogP contribution < -0.4 is 5.32 Å². The molecule has 2 fully saturated rings. The summed E-state index contributed by atoms with van der Waals surface area (Å²) in [6, 6.07) is 3.76. The van der Waals surface area contributed by atoms with Crippen LogP contribution in [-0.2, 0) is 4.79 Å². The number of nitriles is 1. The second kappa shape index (κ2) is 6.73. The summed E-state index contributed by atoms with van der Waals surface area (Å²) in [5.41, 5.74) is -0.275. The van der Waals surface area contributed by atoms with Gasteiger partial charge in [-0.2, -0.15) is 5.26 Å². The van der Waals surface area contributed by atoms with E-state index in [2.05, 4.69) is 5.32 Å². The van der Waals surface area contributed by atoms with E-state index in [9.17, 15) is 13.6 Å². The van der Waals surface area contributed by atoms with Crippen molar-refractivity contribution in [1.82, 2.24) is 4.90 Å². The Bertz CT molecular complexity index is 656. The van der Waals surface area contributed by atoms with Gasteiger partial charge in [0.1, 0.15) is 5.69 Å². The van der Waals surface area contributed by atoms with Crippen LogP contribution in [0.15, 0.2) is 12.1 Å². The van der Waals surface area contributed by atoms with Crippen LogP contribution in [0.25, 0.3) is 0 Å². The van der Waals surface area contributed by atoms with Gasteiger partial charge >= 0.3 is 5.97 Å². The van der Waals surface area contributed by atoms with Crippen molar-refractivity contribution in [3.05, 3.63) is 29.3 Å². The van der Waals surface area contributed by atoms with E-state index in [-0.39, 0.29) is 29.9 Å². The number of aliphatic carboxylic acids is 1. The molecule has 0 aromatic heterocycles. The van der Waals surface area contributed by atoms with E-state index >= 15 is 0 Å². The van der Waals surface area contributed by atoms with Crippen molar-refractivity contribution >= 4 is 11.7 Å². The average molecular weight is 335 g/mol. The molecule has 0 unspecified atom stereocenters. The van der Waals surface area contributed by atoms with Crippen molar-refractivity contribution in [1.29, 1.82) is 5.26 Å². The number of hydrogen-bond donors (Lipinski definition) is 2. The number of halogens is 2. The highest BCUT2D eigenvalue weighted by atomic mass is 19.1. The third kappa shape index (κ3) is 3.82. The number of nitrogens with one attached hydrogen (secondary N) is 1. The Morgan fingerprint density at radius 2 is 1.96 bits per heavy atom. The summed E-state index contributed by atoms with van der Waals surface area (Å²) in [6.07, 6.45) is 3.59. The van der Waals surface area contributed by atoms with Gasteiger partial charge in [0.25, 0.3) is 0 Å². The maximum atomic E-state index is 13.9. The number of rotatable bonds is 7. The normalized spacial score (nSPS) is 22.8. The van der Waals surface area contributed by atoms with Crippen molar-refractivity contribution < 1.29 is 18.7 Å². The summed E-state index contributed by atoms with van der Waals surface area (Å²) in [4.78, 5) is 13.0. The lowest BCUT2D eigenvalue weighted by Crippen LogP contribution is -2.52. The molecule has 0 atom stereocenters. The Balaban J connectivity index is 1.58. The maximum Gasteiger partial charge on any atom is 0.317 e. The third-order valence-electron chi connectivity index (χ3n) is 4.68. The molecule has 2 saturated carbocycles. The minimum atomic E-state index is -0.851. The van der Waals surface area contributed by atoms with Crippen molar-refractivity contribution in [3.63, 3.8) is 0 Å². The van der Waals surface area contributed by atoms with Crippen LogP contribution in [-0.4, -0.2) is 41.1 Å². The number of carboxylic acid groups (broad SMARTS) is 1. The SMILES string of the molecule is N#Cc1cc(F)c(NC2CC(N(CC(=O)O)CC3CC3)C2)c(F)c1. The molecule has 0 radical (unpaired) electrons. The van der Waals surface area contributed by atoms with Crippen molar-refractivity contribution in [2.45, 2.75) is 37.8 Å². The van der Waals surface area contributed by atoms with Crippen molar-refractivity contribution in [3.8, 4) is 6.07 Å². The second-order valence-corrected chi connectivity index (χ2v) is 6.66. The molecule has 0 aliphatic heterocycles. The molecule has 5 nitrogen and oxygen atoms in total. The monoisotopic (exact) mass is 335 g/mol. The fraction of sp³-hybridized carbons (Fsp3) is 0.529. The van der Waals surface area contributed by atoms with Gasteiger partial charge in [-0.3, -0.25) is 9.69 Å². The van der Waals surface area contributed by atoms with Gasteiger partial charge in [0, 0.05) is 18.6 Å². The lowest BCUT2D eigenvalue weighted by molar-refractivity contribution is -0.139. The summed E-state index contributed by atoms with van der Waals surface area (Å²) in [5, 5.41) is 20.6. The molecule has 2 aliphatic carbocycles. The predicted octanol–water partition coefficient (Wildman–Crippen LogP) is 2.58. The Labute approximate surface area is 138 Å². The van der Waals surface area contributed by atoms with Crippen LogP contribution in [0.1, 0.15) is 31.2 Å². The van der Waals surface area contributed by atoms with E-state index in [1.54, 1.807) is 6.07 Å². The Morgan fingerprint density at radius 1 is 1.33 bits per heavy atom. The molecule has 24 heavy (non-hydrogen) atoms. The van der Waals surface area contributed by atoms with E-state index < -0.39 is 17.6 Å². The first-order valence-corrected chi connectivity index (χ1v) is 8.07. The van der Waals surface area contributed by atoms with E-state index in [0.717, 1.165) is 31.5 Å². The molecule has 0 bridgehead atoms. The van der Waals surface area contributed by atoms with Gasteiger partial charge in [-0.15, -0.1) is 0 Å². The highest BCUT2D eigenvalue weighted by Gasteiger charge is 2.37.